The van der Waals surface area contributed by atoms with Gasteiger partial charge in [0, 0.05) is 18.6 Å². The van der Waals surface area contributed by atoms with E-state index in [9.17, 15) is 4.39 Å². The number of hydrazine groups is 1. The summed E-state index contributed by atoms with van der Waals surface area (Å²) < 4.78 is 18.5. The number of nitrogens with one attached hydrogen (secondary N) is 1. The van der Waals surface area contributed by atoms with Crippen LogP contribution in [0.4, 0.5) is 10.2 Å². The van der Waals surface area contributed by atoms with E-state index in [4.69, 9.17) is 10.6 Å². The summed E-state index contributed by atoms with van der Waals surface area (Å²) in [7, 11) is 0. The van der Waals surface area contributed by atoms with Crippen molar-refractivity contribution in [1.82, 2.24) is 9.97 Å². The van der Waals surface area contributed by atoms with Gasteiger partial charge in [0.05, 0.1) is 0 Å². The fraction of sp³-hybridized carbons (Fsp3) is 0.167. The van der Waals surface area contributed by atoms with Crippen LogP contribution < -0.4 is 16.0 Å². The van der Waals surface area contributed by atoms with Crippen molar-refractivity contribution in [2.75, 3.05) is 5.43 Å². The van der Waals surface area contributed by atoms with Gasteiger partial charge in [-0.3, -0.25) is 0 Å². The molecule has 6 heteroatoms. The lowest BCUT2D eigenvalue weighted by Gasteiger charge is -2.08. The Bertz CT molecular complexity index is 525. The molecule has 2 aromatic rings. The molecule has 1 aromatic heterocycles. The van der Waals surface area contributed by atoms with Crippen molar-refractivity contribution in [1.29, 1.82) is 0 Å². The van der Waals surface area contributed by atoms with Crippen LogP contribution in [0.5, 0.6) is 11.6 Å². The topological polar surface area (TPSA) is 73.1 Å². The van der Waals surface area contributed by atoms with Gasteiger partial charge in [0.15, 0.2) is 0 Å². The zero-order valence-corrected chi connectivity index (χ0v) is 9.85. The summed E-state index contributed by atoms with van der Waals surface area (Å²) in [4.78, 5) is 8.30. The zero-order valence-electron chi connectivity index (χ0n) is 9.85. The number of aromatic nitrogens is 2. The fourth-order valence-electron chi connectivity index (χ4n) is 1.41. The maximum Gasteiger partial charge on any atom is 0.224 e. The van der Waals surface area contributed by atoms with E-state index in [-0.39, 0.29) is 5.82 Å². The van der Waals surface area contributed by atoms with Crippen molar-refractivity contribution in [3.63, 3.8) is 0 Å². The third-order valence-corrected chi connectivity index (χ3v) is 2.23. The van der Waals surface area contributed by atoms with Crippen LogP contribution >= 0.6 is 0 Å². The number of aryl methyl sites for hydroxylation is 1. The van der Waals surface area contributed by atoms with Crippen molar-refractivity contribution in [2.24, 2.45) is 5.84 Å². The summed E-state index contributed by atoms with van der Waals surface area (Å²) in [5, 5.41) is 0. The summed E-state index contributed by atoms with van der Waals surface area (Å²) in [6, 6.07) is 7.38. The maximum atomic E-state index is 13.0. The third-order valence-electron chi connectivity index (χ3n) is 2.23. The molecule has 0 saturated heterocycles. The van der Waals surface area contributed by atoms with Gasteiger partial charge >= 0.3 is 0 Å². The highest BCUT2D eigenvalue weighted by atomic mass is 19.1. The molecule has 0 spiro atoms. The molecule has 0 aliphatic heterocycles. The van der Waals surface area contributed by atoms with Crippen LogP contribution in [0, 0.1) is 5.82 Å². The first kappa shape index (κ1) is 12.3. The average molecular weight is 248 g/mol. The lowest BCUT2D eigenvalue weighted by molar-refractivity contribution is 0.454. The number of hydrogen-bond acceptors (Lipinski definition) is 5. The molecule has 0 amide bonds. The van der Waals surface area contributed by atoms with Gasteiger partial charge in [0.2, 0.25) is 5.88 Å². The molecule has 1 heterocycles. The molecule has 0 aliphatic rings. The molecule has 18 heavy (non-hydrogen) atoms. The van der Waals surface area contributed by atoms with Crippen molar-refractivity contribution in [3.8, 4) is 11.6 Å². The number of nitrogens with two attached hydrogens (primary N) is 1. The molecule has 0 aliphatic carbocycles. The number of ether oxygens (including phenoxy) is 1. The summed E-state index contributed by atoms with van der Waals surface area (Å²) in [6.45, 7) is 1.92. The third kappa shape index (κ3) is 2.92. The number of rotatable bonds is 4. The quantitative estimate of drug-likeness (QED) is 0.641. The van der Waals surface area contributed by atoms with Crippen LogP contribution in [-0.2, 0) is 6.42 Å². The molecule has 2 rings (SSSR count). The van der Waals surface area contributed by atoms with Gasteiger partial charge in [-0.25, -0.2) is 15.2 Å². The normalized spacial score (nSPS) is 10.2. The molecule has 94 valence electrons. The van der Waals surface area contributed by atoms with Crippen molar-refractivity contribution < 1.29 is 9.13 Å². The summed E-state index contributed by atoms with van der Waals surface area (Å²) in [5.41, 5.74) is 2.43. The van der Waals surface area contributed by atoms with E-state index in [1.165, 1.54) is 12.1 Å². The highest BCUT2D eigenvalue weighted by Crippen LogP contribution is 2.22. The maximum absolute atomic E-state index is 13.0. The predicted molar refractivity (Wildman–Crippen MR) is 65.7 cm³/mol. The van der Waals surface area contributed by atoms with E-state index in [0.717, 1.165) is 0 Å². The second kappa shape index (κ2) is 5.42. The van der Waals surface area contributed by atoms with Gasteiger partial charge in [0.25, 0.3) is 0 Å². The number of nitrogen functional groups attached to an aromatic ring is 1. The van der Waals surface area contributed by atoms with Crippen molar-refractivity contribution in [3.05, 3.63) is 42.0 Å². The van der Waals surface area contributed by atoms with E-state index in [1.54, 1.807) is 18.2 Å². The first-order valence-corrected chi connectivity index (χ1v) is 5.49. The Balaban J connectivity index is 2.28. The standard InChI is InChI=1S/C12H13FN4O/c1-2-10-15-11(17-14)7-12(16-10)18-9-5-3-4-8(13)6-9/h3-7H,2,14H2,1H3,(H,15,16,17). The van der Waals surface area contributed by atoms with Gasteiger partial charge in [-0.2, -0.15) is 4.98 Å². The number of hydrogen-bond donors (Lipinski definition) is 2. The van der Waals surface area contributed by atoms with Crippen LogP contribution in [0.2, 0.25) is 0 Å². The fourth-order valence-corrected chi connectivity index (χ4v) is 1.41. The molecule has 0 fully saturated rings. The SMILES string of the molecule is CCc1nc(NN)cc(Oc2cccc(F)c2)n1. The molecule has 1 aromatic carbocycles. The number of benzene rings is 1. The highest BCUT2D eigenvalue weighted by molar-refractivity contribution is 5.39. The number of anilines is 1. The molecule has 0 radical (unpaired) electrons. The van der Waals surface area contributed by atoms with Crippen LogP contribution in [0.15, 0.2) is 30.3 Å². The average Bonchev–Trinajstić information content (AvgIpc) is 2.38. The second-order valence-corrected chi connectivity index (χ2v) is 3.56. The molecule has 0 bridgehead atoms. The summed E-state index contributed by atoms with van der Waals surface area (Å²) in [5.74, 6) is 6.68. The lowest BCUT2D eigenvalue weighted by Crippen LogP contribution is -2.10. The van der Waals surface area contributed by atoms with Crippen molar-refractivity contribution >= 4 is 5.82 Å². The van der Waals surface area contributed by atoms with E-state index in [1.807, 2.05) is 6.92 Å². The molecule has 0 atom stereocenters. The van der Waals surface area contributed by atoms with Gasteiger partial charge < -0.3 is 10.2 Å². The zero-order chi connectivity index (χ0) is 13.0. The van der Waals surface area contributed by atoms with Gasteiger partial charge in [0.1, 0.15) is 23.2 Å². The van der Waals surface area contributed by atoms with Crippen LogP contribution in [0.25, 0.3) is 0 Å². The molecular formula is C12H13FN4O. The molecular weight excluding hydrogens is 235 g/mol. The van der Waals surface area contributed by atoms with Crippen LogP contribution in [0.3, 0.4) is 0 Å². The van der Waals surface area contributed by atoms with E-state index in [0.29, 0.717) is 29.7 Å². The Hall–Kier alpha value is -2.21. The first-order valence-electron chi connectivity index (χ1n) is 5.49. The molecule has 5 nitrogen and oxygen atoms in total. The smallest absolute Gasteiger partial charge is 0.224 e. The minimum Gasteiger partial charge on any atom is -0.439 e. The summed E-state index contributed by atoms with van der Waals surface area (Å²) in [6.07, 6.45) is 0.648. The largest absolute Gasteiger partial charge is 0.439 e. The number of nitrogens with zero attached hydrogens (tertiary/aromatic N) is 2. The monoisotopic (exact) mass is 248 g/mol. The second-order valence-electron chi connectivity index (χ2n) is 3.56. The molecule has 3 N–H and O–H groups in total. The Labute approximate surface area is 104 Å². The minimum absolute atomic E-state index is 0.320. The summed E-state index contributed by atoms with van der Waals surface area (Å²) >= 11 is 0. The predicted octanol–water partition coefficient (Wildman–Crippen LogP) is 2.26. The molecule has 0 saturated carbocycles. The van der Waals surface area contributed by atoms with Crippen LogP contribution in [0.1, 0.15) is 12.7 Å². The Morgan fingerprint density at radius 2 is 2.17 bits per heavy atom. The van der Waals surface area contributed by atoms with Crippen molar-refractivity contribution in [2.45, 2.75) is 13.3 Å². The molecule has 0 unspecified atom stereocenters. The van der Waals surface area contributed by atoms with Gasteiger partial charge in [-0.05, 0) is 12.1 Å². The minimum atomic E-state index is -0.366. The van der Waals surface area contributed by atoms with E-state index in [2.05, 4.69) is 15.4 Å². The van der Waals surface area contributed by atoms with Crippen LogP contribution in [-0.4, -0.2) is 9.97 Å². The van der Waals surface area contributed by atoms with Gasteiger partial charge in [-0.15, -0.1) is 0 Å². The Kier molecular flexibility index (Phi) is 3.69. The van der Waals surface area contributed by atoms with E-state index < -0.39 is 0 Å². The number of halogens is 1. The van der Waals surface area contributed by atoms with E-state index >= 15 is 0 Å². The highest BCUT2D eigenvalue weighted by Gasteiger charge is 2.05. The first-order chi connectivity index (χ1) is 8.71. The Morgan fingerprint density at radius 1 is 1.33 bits per heavy atom. The lowest BCUT2D eigenvalue weighted by atomic mass is 10.3. The van der Waals surface area contributed by atoms with Gasteiger partial charge in [-0.1, -0.05) is 13.0 Å². The Morgan fingerprint density at radius 3 is 2.83 bits per heavy atom.